The van der Waals surface area contributed by atoms with Crippen LogP contribution in [0.25, 0.3) is 0 Å². The molecule has 0 aliphatic carbocycles. The summed E-state index contributed by atoms with van der Waals surface area (Å²) in [6, 6.07) is 8.27. The van der Waals surface area contributed by atoms with Crippen molar-refractivity contribution in [3.63, 3.8) is 0 Å². The summed E-state index contributed by atoms with van der Waals surface area (Å²) < 4.78 is 5.76. The van der Waals surface area contributed by atoms with Crippen molar-refractivity contribution < 1.29 is 9.53 Å². The maximum Gasteiger partial charge on any atom is 0.270 e. The number of hydrogen-bond donors (Lipinski definition) is 1. The van der Waals surface area contributed by atoms with Gasteiger partial charge >= 0.3 is 0 Å². The van der Waals surface area contributed by atoms with Crippen LogP contribution in [0.15, 0.2) is 29.6 Å². The number of hydrogen-bond acceptors (Lipinski definition) is 4. The number of nitrogens with one attached hydrogen (secondary N) is 1. The van der Waals surface area contributed by atoms with E-state index in [0.29, 0.717) is 18.8 Å². The fourth-order valence-electron chi connectivity index (χ4n) is 2.31. The Labute approximate surface area is 121 Å². The van der Waals surface area contributed by atoms with Gasteiger partial charge in [-0.3, -0.25) is 4.79 Å². The molecule has 0 saturated heterocycles. The fourth-order valence-corrected chi connectivity index (χ4v) is 2.90. The highest BCUT2D eigenvalue weighted by Gasteiger charge is 2.20. The van der Waals surface area contributed by atoms with Crippen molar-refractivity contribution in [3.05, 3.63) is 51.5 Å². The highest BCUT2D eigenvalue weighted by Crippen LogP contribution is 2.19. The van der Waals surface area contributed by atoms with Crippen LogP contribution < -0.4 is 5.32 Å². The summed E-state index contributed by atoms with van der Waals surface area (Å²) in [6.45, 7) is 3.03. The number of benzene rings is 1. The van der Waals surface area contributed by atoms with Gasteiger partial charge in [-0.25, -0.2) is 4.98 Å². The van der Waals surface area contributed by atoms with Gasteiger partial charge in [0.1, 0.15) is 5.69 Å². The van der Waals surface area contributed by atoms with Crippen LogP contribution >= 0.6 is 11.3 Å². The molecule has 2 aromatic rings. The Morgan fingerprint density at radius 1 is 1.45 bits per heavy atom. The number of carbonyl (C=O) groups excluding carboxylic acids is 1. The van der Waals surface area contributed by atoms with Crippen LogP contribution in [0.1, 0.15) is 26.6 Å². The minimum atomic E-state index is -0.128. The SMILES string of the molecule is Cc1nc(C(=O)NCC2Cc3ccccc3CO2)cs1. The zero-order chi connectivity index (χ0) is 13.9. The maximum atomic E-state index is 11.9. The van der Waals surface area contributed by atoms with E-state index in [1.165, 1.54) is 22.5 Å². The van der Waals surface area contributed by atoms with Crippen molar-refractivity contribution in [1.82, 2.24) is 10.3 Å². The molecule has 1 N–H and O–H groups in total. The Kier molecular flexibility index (Phi) is 3.80. The van der Waals surface area contributed by atoms with Gasteiger partial charge < -0.3 is 10.1 Å². The number of amides is 1. The van der Waals surface area contributed by atoms with E-state index in [2.05, 4.69) is 22.4 Å². The lowest BCUT2D eigenvalue weighted by atomic mass is 9.99. The van der Waals surface area contributed by atoms with Gasteiger partial charge in [-0.05, 0) is 18.1 Å². The third-order valence-electron chi connectivity index (χ3n) is 3.38. The van der Waals surface area contributed by atoms with E-state index in [9.17, 15) is 4.79 Å². The second kappa shape index (κ2) is 5.73. The summed E-state index contributed by atoms with van der Waals surface area (Å²) in [5, 5.41) is 5.57. The van der Waals surface area contributed by atoms with Gasteiger partial charge in [-0.1, -0.05) is 24.3 Å². The molecule has 5 heteroatoms. The molecule has 1 atom stereocenters. The van der Waals surface area contributed by atoms with Crippen molar-refractivity contribution in [2.75, 3.05) is 6.54 Å². The summed E-state index contributed by atoms with van der Waals surface area (Å²) in [5.74, 6) is -0.128. The van der Waals surface area contributed by atoms with Crippen molar-refractivity contribution in [2.45, 2.75) is 26.1 Å². The monoisotopic (exact) mass is 288 g/mol. The number of thiazole rings is 1. The Hall–Kier alpha value is -1.72. The standard InChI is InChI=1S/C15H16N2O2S/c1-10-17-14(9-20-10)15(18)16-7-13-6-11-4-2-3-5-12(11)8-19-13/h2-5,9,13H,6-8H2,1H3,(H,16,18). The van der Waals surface area contributed by atoms with E-state index in [0.717, 1.165) is 11.4 Å². The fraction of sp³-hybridized carbons (Fsp3) is 0.333. The third kappa shape index (κ3) is 2.89. The summed E-state index contributed by atoms with van der Waals surface area (Å²) in [4.78, 5) is 16.1. The van der Waals surface area contributed by atoms with Crippen LogP contribution in [0.2, 0.25) is 0 Å². The lowest BCUT2D eigenvalue weighted by Crippen LogP contribution is -2.36. The Morgan fingerprint density at radius 3 is 3.00 bits per heavy atom. The maximum absolute atomic E-state index is 11.9. The average Bonchev–Trinajstić information content (AvgIpc) is 2.91. The molecule has 1 aliphatic heterocycles. The van der Waals surface area contributed by atoms with Gasteiger partial charge in [0.25, 0.3) is 5.91 Å². The van der Waals surface area contributed by atoms with E-state index < -0.39 is 0 Å². The Balaban J connectivity index is 1.56. The molecule has 4 nitrogen and oxygen atoms in total. The average molecular weight is 288 g/mol. The first-order chi connectivity index (χ1) is 9.72. The normalized spacial score (nSPS) is 17.6. The molecule has 2 heterocycles. The second-order valence-electron chi connectivity index (χ2n) is 4.87. The van der Waals surface area contributed by atoms with Crippen LogP contribution in [0.3, 0.4) is 0 Å². The van der Waals surface area contributed by atoms with Gasteiger partial charge in [0.15, 0.2) is 0 Å². The topological polar surface area (TPSA) is 51.2 Å². The minimum Gasteiger partial charge on any atom is -0.371 e. The molecule has 1 unspecified atom stereocenters. The molecule has 1 amide bonds. The molecule has 0 fully saturated rings. The Morgan fingerprint density at radius 2 is 2.25 bits per heavy atom. The highest BCUT2D eigenvalue weighted by atomic mass is 32.1. The molecule has 1 aromatic carbocycles. The van der Waals surface area contributed by atoms with Crippen LogP contribution in [0.4, 0.5) is 0 Å². The van der Waals surface area contributed by atoms with Crippen LogP contribution in [0.5, 0.6) is 0 Å². The largest absolute Gasteiger partial charge is 0.371 e. The summed E-state index contributed by atoms with van der Waals surface area (Å²) >= 11 is 1.48. The summed E-state index contributed by atoms with van der Waals surface area (Å²) in [5.41, 5.74) is 3.04. The first-order valence-electron chi connectivity index (χ1n) is 6.61. The molecule has 0 saturated carbocycles. The molecule has 20 heavy (non-hydrogen) atoms. The van der Waals surface area contributed by atoms with Gasteiger partial charge in [-0.2, -0.15) is 0 Å². The second-order valence-corrected chi connectivity index (χ2v) is 5.93. The molecule has 0 bridgehead atoms. The Bertz CT molecular complexity index is 624. The number of ether oxygens (including phenoxy) is 1. The number of fused-ring (bicyclic) bond motifs is 1. The summed E-state index contributed by atoms with van der Waals surface area (Å²) in [7, 11) is 0. The van der Waals surface area contributed by atoms with E-state index in [1.807, 2.05) is 19.1 Å². The smallest absolute Gasteiger partial charge is 0.270 e. The first kappa shape index (κ1) is 13.3. The molecule has 104 valence electrons. The van der Waals surface area contributed by atoms with Crippen molar-refractivity contribution in [3.8, 4) is 0 Å². The number of aryl methyl sites for hydroxylation is 1. The van der Waals surface area contributed by atoms with Gasteiger partial charge in [0.2, 0.25) is 0 Å². The van der Waals surface area contributed by atoms with Gasteiger partial charge in [0.05, 0.1) is 17.7 Å². The minimum absolute atomic E-state index is 0.0357. The predicted molar refractivity (Wildman–Crippen MR) is 77.9 cm³/mol. The van der Waals surface area contributed by atoms with Crippen molar-refractivity contribution >= 4 is 17.2 Å². The van der Waals surface area contributed by atoms with E-state index >= 15 is 0 Å². The number of rotatable bonds is 3. The van der Waals surface area contributed by atoms with E-state index in [-0.39, 0.29) is 12.0 Å². The van der Waals surface area contributed by atoms with Crippen molar-refractivity contribution in [1.29, 1.82) is 0 Å². The van der Waals surface area contributed by atoms with Crippen LogP contribution in [-0.2, 0) is 17.8 Å². The van der Waals surface area contributed by atoms with Crippen LogP contribution in [0, 0.1) is 6.92 Å². The zero-order valence-electron chi connectivity index (χ0n) is 11.3. The zero-order valence-corrected chi connectivity index (χ0v) is 12.1. The molecule has 1 aromatic heterocycles. The third-order valence-corrected chi connectivity index (χ3v) is 4.16. The molecule has 0 spiro atoms. The quantitative estimate of drug-likeness (QED) is 0.943. The van der Waals surface area contributed by atoms with Crippen LogP contribution in [-0.4, -0.2) is 23.5 Å². The van der Waals surface area contributed by atoms with E-state index in [1.54, 1.807) is 5.38 Å². The number of aromatic nitrogens is 1. The van der Waals surface area contributed by atoms with Gasteiger partial charge in [0, 0.05) is 18.3 Å². The van der Waals surface area contributed by atoms with Crippen molar-refractivity contribution in [2.24, 2.45) is 0 Å². The lowest BCUT2D eigenvalue weighted by molar-refractivity contribution is 0.0284. The van der Waals surface area contributed by atoms with E-state index in [4.69, 9.17) is 4.74 Å². The molecule has 3 rings (SSSR count). The molecular weight excluding hydrogens is 272 g/mol. The lowest BCUT2D eigenvalue weighted by Gasteiger charge is -2.25. The number of carbonyl (C=O) groups is 1. The molecule has 1 aliphatic rings. The predicted octanol–water partition coefficient (Wildman–Crippen LogP) is 2.32. The van der Waals surface area contributed by atoms with Gasteiger partial charge in [-0.15, -0.1) is 11.3 Å². The first-order valence-corrected chi connectivity index (χ1v) is 7.49. The molecular formula is C15H16N2O2S. The number of nitrogens with zero attached hydrogens (tertiary/aromatic N) is 1. The summed E-state index contributed by atoms with van der Waals surface area (Å²) in [6.07, 6.45) is 0.876. The molecule has 0 radical (unpaired) electrons. The highest BCUT2D eigenvalue weighted by molar-refractivity contribution is 7.09.